The van der Waals surface area contributed by atoms with Gasteiger partial charge in [0.15, 0.2) is 6.04 Å². The zero-order valence-electron chi connectivity index (χ0n) is 11.5. The van der Waals surface area contributed by atoms with E-state index in [0.717, 1.165) is 3.71 Å². The molecule has 1 atom stereocenters. The summed E-state index contributed by atoms with van der Waals surface area (Å²) in [7, 11) is 0. The van der Waals surface area contributed by atoms with Gasteiger partial charge in [0.05, 0.1) is 0 Å². The molecule has 2 amide bonds. The largest absolute Gasteiger partial charge is 0.458 e. The number of carbonyl (C=O) groups is 2. The van der Waals surface area contributed by atoms with E-state index in [2.05, 4.69) is 30.9 Å². The zero-order chi connectivity index (χ0) is 15.3. The van der Waals surface area contributed by atoms with Gasteiger partial charge in [0.2, 0.25) is 0 Å². The zero-order valence-corrected chi connectivity index (χ0v) is 13.3. The summed E-state index contributed by atoms with van der Waals surface area (Å²) in [6.45, 7) is 5.29. The van der Waals surface area contributed by atoms with Gasteiger partial charge >= 0.3 is 12.0 Å². The van der Waals surface area contributed by atoms with Crippen molar-refractivity contribution in [3.8, 4) is 0 Å². The molecule has 20 heavy (non-hydrogen) atoms. The lowest BCUT2D eigenvalue weighted by molar-refractivity contribution is -0.157. The maximum atomic E-state index is 12.2. The number of nitrogens with one attached hydrogen (secondary N) is 1. The Balaban J connectivity index is 2.96. The molecule has 0 fully saturated rings. The Morgan fingerprint density at radius 2 is 1.75 bits per heavy atom. The first-order chi connectivity index (χ1) is 9.20. The molecular weight excluding hydrogens is 296 g/mol. The molecule has 1 aromatic rings. The van der Waals surface area contributed by atoms with Crippen LogP contribution in [-0.2, 0) is 9.53 Å². The average Bonchev–Trinajstić information content (AvgIpc) is 2.34. The molecule has 5 nitrogen and oxygen atoms in total. The van der Waals surface area contributed by atoms with Crippen molar-refractivity contribution >= 4 is 37.6 Å². The number of nitrogens with zero attached hydrogens (tertiary/aromatic N) is 1. The number of amides is 2. The van der Waals surface area contributed by atoms with Crippen molar-refractivity contribution in [3.63, 3.8) is 0 Å². The summed E-state index contributed by atoms with van der Waals surface area (Å²) < 4.78 is 6.08. The second kappa shape index (κ2) is 6.90. The molecule has 1 N–H and O–H groups in total. The first kappa shape index (κ1) is 16.7. The van der Waals surface area contributed by atoms with Crippen LogP contribution in [0.5, 0.6) is 0 Å². The van der Waals surface area contributed by atoms with E-state index in [1.54, 1.807) is 45.0 Å². The van der Waals surface area contributed by atoms with Crippen LogP contribution < -0.4 is 5.32 Å². The van der Waals surface area contributed by atoms with Crippen molar-refractivity contribution < 1.29 is 14.3 Å². The molecule has 0 bridgehead atoms. The molecule has 0 aromatic heterocycles. The summed E-state index contributed by atoms with van der Waals surface area (Å²) >= 11 is 7.54. The number of thiol groups is 2. The Hall–Kier alpha value is -1.34. The van der Waals surface area contributed by atoms with Crippen molar-refractivity contribution in [2.45, 2.75) is 32.4 Å². The van der Waals surface area contributed by atoms with Gasteiger partial charge in [-0.05, 0) is 26.3 Å². The minimum atomic E-state index is -0.912. The molecule has 1 rings (SSSR count). The smallest absolute Gasteiger partial charge is 0.338 e. The summed E-state index contributed by atoms with van der Waals surface area (Å²) in [5, 5.41) is 2.51. The van der Waals surface area contributed by atoms with Gasteiger partial charge in [-0.15, -0.1) is 0 Å². The van der Waals surface area contributed by atoms with Crippen molar-refractivity contribution in [1.82, 2.24) is 9.03 Å². The van der Waals surface area contributed by atoms with E-state index in [1.807, 2.05) is 6.07 Å². The van der Waals surface area contributed by atoms with Crippen LogP contribution in [0.4, 0.5) is 4.79 Å². The fourth-order valence-electron chi connectivity index (χ4n) is 1.47. The highest BCUT2D eigenvalue weighted by Crippen LogP contribution is 2.19. The molecule has 0 aliphatic carbocycles. The van der Waals surface area contributed by atoms with Gasteiger partial charge in [-0.25, -0.2) is 13.3 Å². The molecule has 1 aromatic carbocycles. The average molecular weight is 314 g/mol. The minimum absolute atomic E-state index is 0.541. The number of hydrogen-bond acceptors (Lipinski definition) is 5. The Morgan fingerprint density at radius 1 is 1.20 bits per heavy atom. The summed E-state index contributed by atoms with van der Waals surface area (Å²) in [4.78, 5) is 23.9. The molecule has 0 radical (unpaired) electrons. The highest BCUT2D eigenvalue weighted by atomic mass is 32.2. The molecule has 0 spiro atoms. The van der Waals surface area contributed by atoms with Gasteiger partial charge in [-0.3, -0.25) is 0 Å². The van der Waals surface area contributed by atoms with Crippen LogP contribution in [0.2, 0.25) is 0 Å². The fraction of sp³-hybridized carbons (Fsp3) is 0.385. The summed E-state index contributed by atoms with van der Waals surface area (Å²) in [6.07, 6.45) is 0. The SMILES string of the molecule is CC(C)(C)OC(=O)[C@H](NC(=O)N(S)S)c1ccccc1. The predicted molar refractivity (Wildman–Crippen MR) is 83.4 cm³/mol. The van der Waals surface area contributed by atoms with E-state index in [9.17, 15) is 9.59 Å². The lowest BCUT2D eigenvalue weighted by Gasteiger charge is -2.25. The van der Waals surface area contributed by atoms with Gasteiger partial charge in [0.25, 0.3) is 0 Å². The van der Waals surface area contributed by atoms with E-state index in [1.165, 1.54) is 0 Å². The molecule has 0 unspecified atom stereocenters. The maximum absolute atomic E-state index is 12.2. The molecule has 110 valence electrons. The van der Waals surface area contributed by atoms with Crippen molar-refractivity contribution in [3.05, 3.63) is 35.9 Å². The van der Waals surface area contributed by atoms with E-state index in [4.69, 9.17) is 4.74 Å². The van der Waals surface area contributed by atoms with Gasteiger partial charge in [0, 0.05) is 0 Å². The molecule has 7 heteroatoms. The minimum Gasteiger partial charge on any atom is -0.458 e. The maximum Gasteiger partial charge on any atom is 0.338 e. The number of ether oxygens (including phenoxy) is 1. The summed E-state index contributed by atoms with van der Waals surface area (Å²) in [5.74, 6) is -0.541. The summed E-state index contributed by atoms with van der Waals surface area (Å²) in [5.41, 5.74) is -0.0187. The first-order valence-electron chi connectivity index (χ1n) is 5.97. The lowest BCUT2D eigenvalue weighted by Crippen LogP contribution is -2.40. The predicted octanol–water partition coefficient (Wildman–Crippen LogP) is 2.77. The number of esters is 1. The van der Waals surface area contributed by atoms with Crippen molar-refractivity contribution in [2.24, 2.45) is 0 Å². The van der Waals surface area contributed by atoms with Crippen LogP contribution >= 0.6 is 25.6 Å². The molecule has 0 aliphatic heterocycles. The van der Waals surface area contributed by atoms with Crippen LogP contribution in [0.3, 0.4) is 0 Å². The molecular formula is C13H18N2O3S2. The van der Waals surface area contributed by atoms with Crippen LogP contribution in [0.15, 0.2) is 30.3 Å². The van der Waals surface area contributed by atoms with Crippen molar-refractivity contribution in [1.29, 1.82) is 0 Å². The third-order valence-corrected chi connectivity index (χ3v) is 2.59. The van der Waals surface area contributed by atoms with Crippen LogP contribution in [-0.4, -0.2) is 21.3 Å². The highest BCUT2D eigenvalue weighted by molar-refractivity contribution is 7.94. The van der Waals surface area contributed by atoms with Gasteiger partial charge in [0.1, 0.15) is 5.60 Å². The van der Waals surface area contributed by atoms with Crippen LogP contribution in [0.1, 0.15) is 32.4 Å². The van der Waals surface area contributed by atoms with Crippen LogP contribution in [0, 0.1) is 0 Å². The molecule has 0 heterocycles. The fourth-order valence-corrected chi connectivity index (χ4v) is 1.58. The standard InChI is InChI=1S/C13H18N2O3S2/c1-13(2,3)18-11(16)10(14-12(17)15(19)20)9-7-5-4-6-8-9/h4-8,10,19-20H,1-3H3,(H,14,17)/t10-/m1/s1. The first-order valence-corrected chi connectivity index (χ1v) is 6.77. The third kappa shape index (κ3) is 5.34. The quantitative estimate of drug-likeness (QED) is 0.594. The molecule has 0 saturated carbocycles. The van der Waals surface area contributed by atoms with Crippen LogP contribution in [0.25, 0.3) is 0 Å². The van der Waals surface area contributed by atoms with E-state index in [-0.39, 0.29) is 0 Å². The number of rotatable bonds is 3. The van der Waals surface area contributed by atoms with Gasteiger partial charge in [-0.1, -0.05) is 56.0 Å². The number of carbonyl (C=O) groups excluding carboxylic acids is 2. The Bertz CT molecular complexity index is 472. The van der Waals surface area contributed by atoms with Gasteiger partial charge < -0.3 is 10.1 Å². The molecule has 0 aliphatic rings. The second-order valence-electron chi connectivity index (χ2n) is 5.12. The Kier molecular flexibility index (Phi) is 5.76. The Morgan fingerprint density at radius 3 is 2.20 bits per heavy atom. The monoisotopic (exact) mass is 314 g/mol. The summed E-state index contributed by atoms with van der Waals surface area (Å²) in [6, 6.07) is 7.31. The topological polar surface area (TPSA) is 58.6 Å². The second-order valence-corrected chi connectivity index (χ2v) is 6.23. The normalized spacial score (nSPS) is 12.4. The lowest BCUT2D eigenvalue weighted by atomic mass is 10.1. The third-order valence-electron chi connectivity index (χ3n) is 2.22. The van der Waals surface area contributed by atoms with E-state index in [0.29, 0.717) is 5.56 Å². The van der Waals surface area contributed by atoms with E-state index >= 15 is 0 Å². The Labute approximate surface area is 129 Å². The number of benzene rings is 1. The number of urea groups is 1. The van der Waals surface area contributed by atoms with E-state index < -0.39 is 23.6 Å². The highest BCUT2D eigenvalue weighted by Gasteiger charge is 2.28. The molecule has 0 saturated heterocycles. The number of hydrogen-bond donors (Lipinski definition) is 3. The van der Waals surface area contributed by atoms with Crippen molar-refractivity contribution in [2.75, 3.05) is 0 Å². The van der Waals surface area contributed by atoms with Gasteiger partial charge in [-0.2, -0.15) is 0 Å².